The third-order valence-electron chi connectivity index (χ3n) is 3.09. The van der Waals surface area contributed by atoms with Gasteiger partial charge in [-0.2, -0.15) is 0 Å². The maximum absolute atomic E-state index is 6.10. The van der Waals surface area contributed by atoms with Crippen molar-refractivity contribution in [2.45, 2.75) is 19.9 Å². The fraction of sp³-hybridized carbons (Fsp3) is 0.250. The summed E-state index contributed by atoms with van der Waals surface area (Å²) in [6.45, 7) is 5.13. The molecule has 0 fully saturated rings. The zero-order valence-corrected chi connectivity index (χ0v) is 14.1. The van der Waals surface area contributed by atoms with E-state index in [2.05, 4.69) is 19.2 Å². The first kappa shape index (κ1) is 16.4. The van der Waals surface area contributed by atoms with E-state index in [0.717, 1.165) is 6.54 Å². The average Bonchev–Trinajstić information content (AvgIpc) is 2.46. The average molecular weight is 345 g/mol. The molecular weight excluding hydrogens is 329 g/mol. The predicted molar refractivity (Wildman–Crippen MR) is 90.1 cm³/mol. The minimum atomic E-state index is 0.303. The number of ether oxygens (including phenoxy) is 1. The van der Waals surface area contributed by atoms with E-state index in [1.165, 1.54) is 5.56 Å². The van der Waals surface area contributed by atoms with Gasteiger partial charge in [0, 0.05) is 12.1 Å². The van der Waals surface area contributed by atoms with Gasteiger partial charge >= 0.3 is 0 Å². The monoisotopic (exact) mass is 343 g/mol. The van der Waals surface area contributed by atoms with Crippen molar-refractivity contribution in [2.24, 2.45) is 0 Å². The Bertz CT molecular complexity index is 614. The summed E-state index contributed by atoms with van der Waals surface area (Å²) in [5, 5.41) is 4.60. The second-order valence-corrected chi connectivity index (χ2v) is 5.87. The fourth-order valence-corrected chi connectivity index (χ4v) is 2.53. The lowest BCUT2D eigenvalue weighted by Crippen LogP contribution is -2.17. The molecule has 5 heteroatoms. The number of benzene rings is 2. The van der Waals surface area contributed by atoms with Gasteiger partial charge in [0.25, 0.3) is 0 Å². The first-order chi connectivity index (χ1) is 10.0. The van der Waals surface area contributed by atoms with E-state index in [1.807, 2.05) is 24.3 Å². The third kappa shape index (κ3) is 4.27. The van der Waals surface area contributed by atoms with Crippen molar-refractivity contribution in [3.8, 4) is 11.5 Å². The Morgan fingerprint density at radius 2 is 1.62 bits per heavy atom. The first-order valence-corrected chi connectivity index (χ1v) is 7.80. The summed E-state index contributed by atoms with van der Waals surface area (Å²) in [5.74, 6) is 1.18. The molecule has 0 aliphatic rings. The van der Waals surface area contributed by atoms with Crippen molar-refractivity contribution in [1.82, 2.24) is 5.32 Å². The van der Waals surface area contributed by atoms with Crippen molar-refractivity contribution in [2.75, 3.05) is 6.54 Å². The topological polar surface area (TPSA) is 21.3 Å². The molecule has 0 spiro atoms. The van der Waals surface area contributed by atoms with Crippen LogP contribution >= 0.6 is 34.8 Å². The molecule has 2 nitrogen and oxygen atoms in total. The van der Waals surface area contributed by atoms with Gasteiger partial charge in [-0.25, -0.2) is 0 Å². The molecule has 2 rings (SSSR count). The van der Waals surface area contributed by atoms with Gasteiger partial charge in [0.2, 0.25) is 0 Å². The van der Waals surface area contributed by atoms with E-state index in [-0.39, 0.29) is 0 Å². The lowest BCUT2D eigenvalue weighted by molar-refractivity contribution is 0.482. The van der Waals surface area contributed by atoms with E-state index in [1.54, 1.807) is 12.1 Å². The van der Waals surface area contributed by atoms with Gasteiger partial charge in [-0.15, -0.1) is 0 Å². The molecule has 112 valence electrons. The minimum absolute atomic E-state index is 0.303. The van der Waals surface area contributed by atoms with Gasteiger partial charge in [-0.3, -0.25) is 0 Å². The second kappa shape index (κ2) is 7.37. The van der Waals surface area contributed by atoms with Crippen LogP contribution in [0.15, 0.2) is 36.4 Å². The molecule has 2 aromatic carbocycles. The molecule has 0 aliphatic carbocycles. The molecule has 0 saturated heterocycles. The molecule has 21 heavy (non-hydrogen) atoms. The van der Waals surface area contributed by atoms with Crippen molar-refractivity contribution in [1.29, 1.82) is 0 Å². The summed E-state index contributed by atoms with van der Waals surface area (Å²) in [4.78, 5) is 0. The Morgan fingerprint density at radius 1 is 1.00 bits per heavy atom. The Kier molecular flexibility index (Phi) is 5.77. The maximum atomic E-state index is 6.10. The van der Waals surface area contributed by atoms with Crippen LogP contribution in [-0.2, 0) is 0 Å². The van der Waals surface area contributed by atoms with Crippen LogP contribution in [0.2, 0.25) is 15.1 Å². The van der Waals surface area contributed by atoms with Crippen LogP contribution in [0.25, 0.3) is 0 Å². The highest BCUT2D eigenvalue weighted by Crippen LogP contribution is 2.36. The van der Waals surface area contributed by atoms with Gasteiger partial charge < -0.3 is 10.1 Å². The Labute approximate surface area is 140 Å². The normalized spacial score (nSPS) is 12.2. The van der Waals surface area contributed by atoms with E-state index < -0.39 is 0 Å². The Hall–Kier alpha value is -0.930. The van der Waals surface area contributed by atoms with Gasteiger partial charge in [0.1, 0.15) is 11.5 Å². The van der Waals surface area contributed by atoms with E-state index in [0.29, 0.717) is 32.6 Å². The molecule has 1 N–H and O–H groups in total. The summed E-state index contributed by atoms with van der Waals surface area (Å²) in [7, 11) is 0. The second-order valence-electron chi connectivity index (χ2n) is 4.65. The van der Waals surface area contributed by atoms with Gasteiger partial charge in [-0.05, 0) is 37.2 Å². The molecule has 0 amide bonds. The van der Waals surface area contributed by atoms with Crippen LogP contribution < -0.4 is 10.1 Å². The lowest BCUT2D eigenvalue weighted by Gasteiger charge is -2.14. The van der Waals surface area contributed by atoms with Crippen LogP contribution in [0.5, 0.6) is 11.5 Å². The highest BCUT2D eigenvalue weighted by atomic mass is 35.5. The Morgan fingerprint density at radius 3 is 2.24 bits per heavy atom. The van der Waals surface area contributed by atoms with Crippen molar-refractivity contribution in [3.63, 3.8) is 0 Å². The zero-order valence-electron chi connectivity index (χ0n) is 11.8. The summed E-state index contributed by atoms with van der Waals surface area (Å²) >= 11 is 18.0. The number of halogens is 3. The summed E-state index contributed by atoms with van der Waals surface area (Å²) in [6, 6.07) is 11.3. The van der Waals surface area contributed by atoms with Crippen molar-refractivity contribution >= 4 is 34.8 Å². The minimum Gasteiger partial charge on any atom is -0.456 e. The fourth-order valence-electron chi connectivity index (χ4n) is 1.96. The van der Waals surface area contributed by atoms with Crippen LogP contribution in [0.1, 0.15) is 25.5 Å². The molecule has 2 aromatic rings. The van der Waals surface area contributed by atoms with Crippen LogP contribution in [0.4, 0.5) is 0 Å². The molecular formula is C16H16Cl3NO. The molecule has 0 heterocycles. The van der Waals surface area contributed by atoms with E-state index >= 15 is 0 Å². The summed E-state index contributed by atoms with van der Waals surface area (Å²) in [6.07, 6.45) is 0. The molecule has 0 aliphatic heterocycles. The van der Waals surface area contributed by atoms with Crippen LogP contribution in [0, 0.1) is 0 Å². The number of rotatable bonds is 5. The highest BCUT2D eigenvalue weighted by molar-refractivity contribution is 6.43. The molecule has 1 atom stereocenters. The molecule has 0 bridgehead atoms. The van der Waals surface area contributed by atoms with E-state index in [9.17, 15) is 0 Å². The van der Waals surface area contributed by atoms with Gasteiger partial charge in [0.15, 0.2) is 0 Å². The molecule has 1 unspecified atom stereocenters. The Balaban J connectivity index is 2.15. The first-order valence-electron chi connectivity index (χ1n) is 6.67. The summed E-state index contributed by atoms with van der Waals surface area (Å²) in [5.41, 5.74) is 1.20. The van der Waals surface area contributed by atoms with Crippen molar-refractivity contribution < 1.29 is 4.74 Å². The van der Waals surface area contributed by atoms with Crippen LogP contribution in [-0.4, -0.2) is 6.54 Å². The quantitative estimate of drug-likeness (QED) is 0.661. The number of nitrogens with one attached hydrogen (secondary N) is 1. The largest absolute Gasteiger partial charge is 0.456 e. The molecule has 0 aromatic heterocycles. The lowest BCUT2D eigenvalue weighted by atomic mass is 10.1. The third-order valence-corrected chi connectivity index (χ3v) is 4.11. The standard InChI is InChI=1S/C16H16Cl3NO/c1-3-20-10(2)11-4-6-12(7-5-11)21-16-9-14(18)13(17)8-15(16)19/h4-10,20H,3H2,1-2H3. The smallest absolute Gasteiger partial charge is 0.147 e. The SMILES string of the molecule is CCNC(C)c1ccc(Oc2cc(Cl)c(Cl)cc2Cl)cc1. The van der Waals surface area contributed by atoms with Crippen molar-refractivity contribution in [3.05, 3.63) is 57.0 Å². The predicted octanol–water partition coefficient (Wildman–Crippen LogP) is 6.11. The highest BCUT2D eigenvalue weighted by Gasteiger charge is 2.09. The van der Waals surface area contributed by atoms with E-state index in [4.69, 9.17) is 39.5 Å². The molecule has 0 radical (unpaired) electrons. The number of hydrogen-bond donors (Lipinski definition) is 1. The van der Waals surface area contributed by atoms with Gasteiger partial charge in [-0.1, -0.05) is 53.9 Å². The van der Waals surface area contributed by atoms with Crippen LogP contribution in [0.3, 0.4) is 0 Å². The number of hydrogen-bond acceptors (Lipinski definition) is 2. The molecule has 0 saturated carbocycles. The van der Waals surface area contributed by atoms with Gasteiger partial charge in [0.05, 0.1) is 15.1 Å². The summed E-state index contributed by atoms with van der Waals surface area (Å²) < 4.78 is 5.74. The maximum Gasteiger partial charge on any atom is 0.147 e. The zero-order chi connectivity index (χ0) is 15.4.